The molecule has 0 spiro atoms. The molecule has 3 nitrogen and oxygen atoms in total. The summed E-state index contributed by atoms with van der Waals surface area (Å²) < 4.78 is 12.9. The Bertz CT molecular complexity index is 1020. The molecule has 0 bridgehead atoms. The third kappa shape index (κ3) is 5.73. The quantitative estimate of drug-likeness (QED) is 0.242. The van der Waals surface area contributed by atoms with Gasteiger partial charge in [0.2, 0.25) is 0 Å². The second-order valence-corrected chi connectivity index (χ2v) is 8.25. The zero-order chi connectivity index (χ0) is 20.8. The Labute approximate surface area is 190 Å². The van der Waals surface area contributed by atoms with Gasteiger partial charge in [-0.3, -0.25) is 4.99 Å². The maximum absolute atomic E-state index is 6.19. The Morgan fingerprint density at radius 2 is 1.79 bits per heavy atom. The van der Waals surface area contributed by atoms with Crippen LogP contribution >= 0.6 is 34.2 Å². The van der Waals surface area contributed by atoms with Crippen molar-refractivity contribution in [3.05, 3.63) is 85.4 Å². The number of hydrogen-bond donors (Lipinski definition) is 0. The highest BCUT2D eigenvalue weighted by Gasteiger charge is 2.12. The molecule has 0 aliphatic rings. The van der Waals surface area contributed by atoms with E-state index in [4.69, 9.17) is 21.1 Å². The Kier molecular flexibility index (Phi) is 7.56. The largest absolute Gasteiger partial charge is 0.490 e. The van der Waals surface area contributed by atoms with E-state index in [1.54, 1.807) is 0 Å². The van der Waals surface area contributed by atoms with E-state index in [0.29, 0.717) is 18.2 Å². The fourth-order valence-corrected chi connectivity index (χ4v) is 3.74. The van der Waals surface area contributed by atoms with Crippen LogP contribution in [0.4, 0.5) is 5.69 Å². The van der Waals surface area contributed by atoms with Crippen LogP contribution in [0.3, 0.4) is 0 Å². The molecule has 0 N–H and O–H groups in total. The van der Waals surface area contributed by atoms with E-state index in [9.17, 15) is 0 Å². The van der Waals surface area contributed by atoms with Gasteiger partial charge in [-0.15, -0.1) is 0 Å². The predicted octanol–water partition coefficient (Wildman–Crippen LogP) is 7.29. The van der Waals surface area contributed by atoms with Crippen LogP contribution < -0.4 is 9.47 Å². The summed E-state index contributed by atoms with van der Waals surface area (Å²) in [5.41, 5.74) is 5.11. The lowest BCUT2D eigenvalue weighted by atomic mass is 10.1. The molecule has 0 aliphatic carbocycles. The van der Waals surface area contributed by atoms with E-state index in [1.807, 2.05) is 50.4 Å². The van der Waals surface area contributed by atoms with Gasteiger partial charge in [0.15, 0.2) is 11.5 Å². The molecule has 0 unspecified atom stereocenters. The lowest BCUT2D eigenvalue weighted by Crippen LogP contribution is -2.02. The number of ether oxygens (including phenoxy) is 2. The lowest BCUT2D eigenvalue weighted by Gasteiger charge is -2.15. The van der Waals surface area contributed by atoms with Crippen molar-refractivity contribution >= 4 is 46.1 Å². The molecule has 29 heavy (non-hydrogen) atoms. The van der Waals surface area contributed by atoms with Crippen LogP contribution in [0, 0.1) is 17.4 Å². The topological polar surface area (TPSA) is 30.8 Å². The molecular weight excluding hydrogens is 497 g/mol. The van der Waals surface area contributed by atoms with E-state index < -0.39 is 0 Å². The molecular formula is C24H23ClINO2. The van der Waals surface area contributed by atoms with Gasteiger partial charge in [-0.1, -0.05) is 47.5 Å². The normalized spacial score (nSPS) is 11.1. The van der Waals surface area contributed by atoms with E-state index in [-0.39, 0.29) is 0 Å². The molecule has 0 fully saturated rings. The molecule has 5 heteroatoms. The lowest BCUT2D eigenvalue weighted by molar-refractivity contribution is 0.267. The van der Waals surface area contributed by atoms with Gasteiger partial charge in [0, 0.05) is 11.2 Å². The van der Waals surface area contributed by atoms with Crippen molar-refractivity contribution in [3.63, 3.8) is 0 Å². The fraction of sp³-hybridized carbons (Fsp3) is 0.208. The molecule has 3 rings (SSSR count). The summed E-state index contributed by atoms with van der Waals surface area (Å²) in [6.07, 6.45) is 1.83. The molecule has 150 valence electrons. The van der Waals surface area contributed by atoms with Gasteiger partial charge in [0.1, 0.15) is 6.61 Å². The zero-order valence-corrected chi connectivity index (χ0v) is 19.6. The van der Waals surface area contributed by atoms with Crippen molar-refractivity contribution in [2.75, 3.05) is 6.61 Å². The minimum atomic E-state index is 0.492. The van der Waals surface area contributed by atoms with Gasteiger partial charge in [0.25, 0.3) is 0 Å². The van der Waals surface area contributed by atoms with Crippen LogP contribution in [-0.4, -0.2) is 12.8 Å². The van der Waals surface area contributed by atoms with Gasteiger partial charge < -0.3 is 9.47 Å². The summed E-state index contributed by atoms with van der Waals surface area (Å²) in [6.45, 7) is 7.06. The van der Waals surface area contributed by atoms with Crippen LogP contribution in [-0.2, 0) is 6.61 Å². The zero-order valence-electron chi connectivity index (χ0n) is 16.7. The molecule has 0 atom stereocenters. The van der Waals surface area contributed by atoms with Crippen LogP contribution in [0.2, 0.25) is 5.02 Å². The first-order valence-corrected chi connectivity index (χ1v) is 10.9. The number of aliphatic imine (C=N–C) groups is 1. The highest BCUT2D eigenvalue weighted by Crippen LogP contribution is 2.35. The van der Waals surface area contributed by atoms with E-state index in [2.05, 4.69) is 58.8 Å². The van der Waals surface area contributed by atoms with E-state index in [0.717, 1.165) is 37.4 Å². The molecule has 3 aromatic carbocycles. The van der Waals surface area contributed by atoms with Crippen molar-refractivity contribution < 1.29 is 9.47 Å². The molecule has 0 amide bonds. The maximum Gasteiger partial charge on any atom is 0.175 e. The second-order valence-electron chi connectivity index (χ2n) is 6.68. The van der Waals surface area contributed by atoms with Gasteiger partial charge in [-0.2, -0.15) is 0 Å². The number of hydrogen-bond acceptors (Lipinski definition) is 3. The number of aryl methyl sites for hydroxylation is 1. The first-order chi connectivity index (χ1) is 14.0. The minimum absolute atomic E-state index is 0.492. The van der Waals surface area contributed by atoms with Crippen molar-refractivity contribution in [1.82, 2.24) is 0 Å². The van der Waals surface area contributed by atoms with Crippen LogP contribution in [0.25, 0.3) is 0 Å². The third-order valence-corrected chi connectivity index (χ3v) is 5.64. The van der Waals surface area contributed by atoms with Crippen molar-refractivity contribution in [3.8, 4) is 11.5 Å². The number of halogens is 2. The van der Waals surface area contributed by atoms with E-state index in [1.165, 1.54) is 5.56 Å². The summed E-state index contributed by atoms with van der Waals surface area (Å²) in [4.78, 5) is 4.60. The standard InChI is InChI=1S/C24H23ClINO2/c1-4-28-23-13-19(14-27-22-7-5-6-20(25)17(22)3)12-21(26)24(23)29-15-18-10-8-16(2)9-11-18/h5-14H,4,15H2,1-3H3. The Balaban J connectivity index is 1.84. The summed E-state index contributed by atoms with van der Waals surface area (Å²) >= 11 is 8.47. The van der Waals surface area contributed by atoms with Gasteiger partial charge in [-0.05, 0) is 84.3 Å². The number of nitrogens with zero attached hydrogens (tertiary/aromatic N) is 1. The van der Waals surface area contributed by atoms with Crippen LogP contribution in [0.15, 0.2) is 59.6 Å². The SMILES string of the molecule is CCOc1cc(C=Nc2cccc(Cl)c2C)cc(I)c1OCc1ccc(C)cc1. The van der Waals surface area contributed by atoms with Gasteiger partial charge in [0.05, 0.1) is 15.9 Å². The molecule has 0 aromatic heterocycles. The summed E-state index contributed by atoms with van der Waals surface area (Å²) in [5, 5.41) is 0.712. The third-order valence-electron chi connectivity index (χ3n) is 4.43. The Morgan fingerprint density at radius 3 is 2.52 bits per heavy atom. The minimum Gasteiger partial charge on any atom is -0.490 e. The summed E-state index contributed by atoms with van der Waals surface area (Å²) in [6, 6.07) is 18.1. The van der Waals surface area contributed by atoms with Crippen molar-refractivity contribution in [1.29, 1.82) is 0 Å². The van der Waals surface area contributed by atoms with Crippen LogP contribution in [0.1, 0.15) is 29.2 Å². The first kappa shape index (κ1) is 21.7. The fourth-order valence-electron chi connectivity index (χ4n) is 2.79. The highest BCUT2D eigenvalue weighted by atomic mass is 127. The van der Waals surface area contributed by atoms with Gasteiger partial charge in [-0.25, -0.2) is 0 Å². The monoisotopic (exact) mass is 519 g/mol. The van der Waals surface area contributed by atoms with E-state index >= 15 is 0 Å². The Morgan fingerprint density at radius 1 is 1.03 bits per heavy atom. The molecule has 0 saturated carbocycles. The molecule has 3 aromatic rings. The number of rotatable bonds is 7. The maximum atomic E-state index is 6.19. The molecule has 0 radical (unpaired) electrons. The second kappa shape index (κ2) is 10.1. The summed E-state index contributed by atoms with van der Waals surface area (Å²) in [7, 11) is 0. The number of benzene rings is 3. The average Bonchev–Trinajstić information content (AvgIpc) is 2.70. The van der Waals surface area contributed by atoms with Crippen LogP contribution in [0.5, 0.6) is 11.5 Å². The van der Waals surface area contributed by atoms with Gasteiger partial charge >= 0.3 is 0 Å². The molecule has 0 saturated heterocycles. The smallest absolute Gasteiger partial charge is 0.175 e. The highest BCUT2D eigenvalue weighted by molar-refractivity contribution is 14.1. The Hall–Kier alpha value is -2.05. The average molecular weight is 520 g/mol. The summed E-state index contributed by atoms with van der Waals surface area (Å²) in [5.74, 6) is 1.47. The van der Waals surface area contributed by atoms with Crippen molar-refractivity contribution in [2.45, 2.75) is 27.4 Å². The molecule has 0 aliphatic heterocycles. The first-order valence-electron chi connectivity index (χ1n) is 9.41. The van der Waals surface area contributed by atoms with Crippen molar-refractivity contribution in [2.24, 2.45) is 4.99 Å². The molecule has 0 heterocycles. The predicted molar refractivity (Wildman–Crippen MR) is 129 cm³/mol.